The molecule has 0 spiro atoms. The van der Waals surface area contributed by atoms with Crippen LogP contribution >= 0.6 is 0 Å². The summed E-state index contributed by atoms with van der Waals surface area (Å²) in [7, 11) is 0. The van der Waals surface area contributed by atoms with Crippen molar-refractivity contribution in [3.8, 4) is 0 Å². The molecule has 0 radical (unpaired) electrons. The summed E-state index contributed by atoms with van der Waals surface area (Å²) in [6, 6.07) is 0. The van der Waals surface area contributed by atoms with E-state index in [0.717, 1.165) is 27.7 Å². The van der Waals surface area contributed by atoms with Crippen molar-refractivity contribution in [1.29, 1.82) is 0 Å². The Morgan fingerprint density at radius 1 is 1.50 bits per heavy atom. The van der Waals surface area contributed by atoms with E-state index in [1.807, 2.05) is 6.92 Å². The van der Waals surface area contributed by atoms with E-state index in [4.69, 9.17) is 7.06 Å². The molecule has 0 fully saturated rings. The van der Waals surface area contributed by atoms with E-state index in [1.54, 1.807) is 0 Å². The van der Waals surface area contributed by atoms with Gasteiger partial charge in [-0.2, -0.15) is 0 Å². The number of aryl methyl sites for hydroxylation is 2. The first-order valence-electron chi connectivity index (χ1n) is 5.72. The van der Waals surface area contributed by atoms with Crippen molar-refractivity contribution in [3.63, 3.8) is 0 Å². The SMILES string of the molecule is CCCCCc1nc(C)[c]([Hg][O]C(C)=O)o1. The summed E-state index contributed by atoms with van der Waals surface area (Å²) in [4.78, 5) is 15.1. The van der Waals surface area contributed by atoms with Crippen molar-refractivity contribution in [2.75, 3.05) is 0 Å². The minimum atomic E-state index is -1.83. The molecule has 0 aliphatic heterocycles. The second-order valence-electron chi connectivity index (χ2n) is 3.85. The molecule has 5 heteroatoms. The Bertz CT molecular complexity index is 349. The van der Waals surface area contributed by atoms with Gasteiger partial charge in [0.15, 0.2) is 0 Å². The van der Waals surface area contributed by atoms with Gasteiger partial charge in [0.1, 0.15) is 0 Å². The fourth-order valence-electron chi connectivity index (χ4n) is 1.42. The Morgan fingerprint density at radius 2 is 2.25 bits per heavy atom. The van der Waals surface area contributed by atoms with Gasteiger partial charge in [-0.3, -0.25) is 0 Å². The van der Waals surface area contributed by atoms with Crippen LogP contribution in [0.3, 0.4) is 0 Å². The molecule has 0 aliphatic rings. The van der Waals surface area contributed by atoms with Crippen molar-refractivity contribution in [3.05, 3.63) is 11.6 Å². The molecule has 0 saturated heterocycles. The third-order valence-electron chi connectivity index (χ3n) is 2.34. The topological polar surface area (TPSA) is 52.3 Å². The van der Waals surface area contributed by atoms with Gasteiger partial charge in [0, 0.05) is 0 Å². The number of carbonyl (C=O) groups is 1. The first kappa shape index (κ1) is 13.7. The van der Waals surface area contributed by atoms with Crippen molar-refractivity contribution >= 4 is 9.24 Å². The van der Waals surface area contributed by atoms with Gasteiger partial charge in [-0.25, -0.2) is 0 Å². The zero-order chi connectivity index (χ0) is 12.0. The normalized spacial score (nSPS) is 9.94. The third-order valence-corrected chi connectivity index (χ3v) is 8.05. The Kier molecular flexibility index (Phi) is 6.02. The number of unbranched alkanes of at least 4 members (excludes halogenated alkanes) is 2. The van der Waals surface area contributed by atoms with E-state index in [1.165, 1.54) is 19.8 Å². The van der Waals surface area contributed by atoms with Crippen LogP contribution in [0.4, 0.5) is 0 Å². The molecule has 86 valence electrons. The van der Waals surface area contributed by atoms with Crippen molar-refractivity contribution in [1.82, 2.24) is 4.98 Å². The van der Waals surface area contributed by atoms with Crippen molar-refractivity contribution in [2.24, 2.45) is 0 Å². The number of rotatable bonds is 6. The molecule has 0 saturated carbocycles. The predicted molar refractivity (Wildman–Crippen MR) is 55.9 cm³/mol. The van der Waals surface area contributed by atoms with Gasteiger partial charge in [-0.05, 0) is 0 Å². The summed E-state index contributed by atoms with van der Waals surface area (Å²) >= 11 is -1.83. The number of hydrogen-bond donors (Lipinski definition) is 0. The van der Waals surface area contributed by atoms with Crippen LogP contribution in [0.25, 0.3) is 0 Å². The summed E-state index contributed by atoms with van der Waals surface area (Å²) in [5.41, 5.74) is 0.911. The second kappa shape index (κ2) is 7.04. The van der Waals surface area contributed by atoms with Gasteiger partial charge < -0.3 is 0 Å². The summed E-state index contributed by atoms with van der Waals surface area (Å²) in [6.07, 6.45) is 4.40. The number of oxazole rings is 1. The van der Waals surface area contributed by atoms with E-state index in [2.05, 4.69) is 11.9 Å². The summed E-state index contributed by atoms with van der Waals surface area (Å²) in [5.74, 6) is 0.595. The van der Waals surface area contributed by atoms with Gasteiger partial charge in [0.25, 0.3) is 0 Å². The van der Waals surface area contributed by atoms with Crippen LogP contribution in [0, 0.1) is 6.92 Å². The molecule has 0 amide bonds. The summed E-state index contributed by atoms with van der Waals surface area (Å²) in [6.45, 7) is 5.53. The molecule has 0 bridgehead atoms. The maximum atomic E-state index is 10.7. The van der Waals surface area contributed by atoms with Crippen molar-refractivity contribution in [2.45, 2.75) is 46.5 Å². The number of aromatic nitrogens is 1. The van der Waals surface area contributed by atoms with Crippen LogP contribution in [0.2, 0.25) is 0 Å². The summed E-state index contributed by atoms with van der Waals surface area (Å²) < 4.78 is 11.6. The molecule has 16 heavy (non-hydrogen) atoms. The first-order chi connectivity index (χ1) is 7.63. The zero-order valence-electron chi connectivity index (χ0n) is 10.2. The number of hydrogen-bond acceptors (Lipinski definition) is 4. The first-order valence-corrected chi connectivity index (χ1v) is 10.7. The Labute approximate surface area is 109 Å². The quantitative estimate of drug-likeness (QED) is 0.530. The molecule has 1 heterocycles. The van der Waals surface area contributed by atoms with Gasteiger partial charge >= 0.3 is 109 Å². The van der Waals surface area contributed by atoms with Crippen LogP contribution in [0.1, 0.15) is 44.7 Å². The Hall–Kier alpha value is -0.385. The van der Waals surface area contributed by atoms with E-state index in [0.29, 0.717) is 0 Å². The average Bonchev–Trinajstić information content (AvgIpc) is 2.57. The molecule has 0 N–H and O–H groups in total. The van der Waals surface area contributed by atoms with E-state index in [9.17, 15) is 4.79 Å². The maximum absolute atomic E-state index is 10.7. The van der Waals surface area contributed by atoms with Gasteiger partial charge in [-0.1, -0.05) is 0 Å². The van der Waals surface area contributed by atoms with Gasteiger partial charge in [0.2, 0.25) is 0 Å². The molecule has 0 atom stereocenters. The van der Waals surface area contributed by atoms with Gasteiger partial charge in [0.05, 0.1) is 0 Å². The molecule has 0 aromatic carbocycles. The second-order valence-corrected chi connectivity index (χ2v) is 8.59. The molecule has 0 aliphatic carbocycles. The number of nitrogens with zero attached hydrogens (tertiary/aromatic N) is 1. The van der Waals surface area contributed by atoms with Crippen LogP contribution < -0.4 is 3.27 Å². The fraction of sp³-hybridized carbons (Fsp3) is 0.636. The molecule has 4 nitrogen and oxygen atoms in total. The predicted octanol–water partition coefficient (Wildman–Crippen LogP) is 1.90. The third kappa shape index (κ3) is 4.64. The average molecular weight is 412 g/mol. The molecule has 1 aromatic rings. The van der Waals surface area contributed by atoms with E-state index >= 15 is 0 Å². The molecular formula is C11H17HgNO3. The zero-order valence-corrected chi connectivity index (χ0v) is 15.7. The standard InChI is InChI=1S/C9H14NO.C2H4O2.Hg/c1-3-4-5-6-9-10-8(2)7-11-9;1-2(3)4;/h3-6H2,1-2H3;1H3,(H,3,4);/q;;+1/p-1. The molecule has 1 aromatic heterocycles. The monoisotopic (exact) mass is 413 g/mol. The fourth-order valence-corrected chi connectivity index (χ4v) is 4.72. The van der Waals surface area contributed by atoms with Crippen molar-refractivity contribution < 1.29 is 36.9 Å². The van der Waals surface area contributed by atoms with E-state index in [-0.39, 0.29) is 5.97 Å². The summed E-state index contributed by atoms with van der Waals surface area (Å²) in [5, 5.41) is 0. The minimum absolute atomic E-state index is 0.204. The van der Waals surface area contributed by atoms with Crippen LogP contribution in [-0.4, -0.2) is 11.0 Å². The van der Waals surface area contributed by atoms with E-state index < -0.39 is 25.0 Å². The Morgan fingerprint density at radius 3 is 2.88 bits per heavy atom. The molecule has 1 rings (SSSR count). The Balaban J connectivity index is 2.49. The number of carbonyl (C=O) groups excluding carboxylic acids is 1. The van der Waals surface area contributed by atoms with Crippen LogP contribution in [0.5, 0.6) is 0 Å². The van der Waals surface area contributed by atoms with Crippen LogP contribution in [-0.2, 0) is 38.9 Å². The van der Waals surface area contributed by atoms with Gasteiger partial charge in [-0.15, -0.1) is 0 Å². The molecular weight excluding hydrogens is 395 g/mol. The molecule has 0 unspecified atom stereocenters. The van der Waals surface area contributed by atoms with Crippen LogP contribution in [0.15, 0.2) is 4.42 Å².